The summed E-state index contributed by atoms with van der Waals surface area (Å²) in [5, 5.41) is 2.46. The zero-order chi connectivity index (χ0) is 21.5. The molecule has 156 valence electrons. The van der Waals surface area contributed by atoms with Crippen LogP contribution < -0.4 is 4.57 Å². The Morgan fingerprint density at radius 3 is 2.42 bits per heavy atom. The van der Waals surface area contributed by atoms with Crippen LogP contribution in [-0.4, -0.2) is 9.97 Å². The molecule has 3 heteroatoms. The van der Waals surface area contributed by atoms with E-state index in [2.05, 4.69) is 75.0 Å². The van der Waals surface area contributed by atoms with Crippen LogP contribution in [0.2, 0.25) is 0 Å². The van der Waals surface area contributed by atoms with Crippen molar-refractivity contribution < 1.29 is 4.57 Å². The molecule has 0 N–H and O–H groups in total. The largest absolute Gasteiger partial charge is 0.257 e. The number of aryl methyl sites for hydroxylation is 3. The first-order valence-corrected chi connectivity index (χ1v) is 11.3. The van der Waals surface area contributed by atoms with Gasteiger partial charge in [-0.3, -0.25) is 9.97 Å². The molecule has 1 aliphatic rings. The molecule has 3 nitrogen and oxygen atoms in total. The molecule has 0 unspecified atom stereocenters. The number of rotatable bonds is 3. The average Bonchev–Trinajstić information content (AvgIpc) is 3.31. The maximum Gasteiger partial charge on any atom is 0.213 e. The average molecular weight is 409 g/mol. The van der Waals surface area contributed by atoms with Crippen molar-refractivity contribution >= 4 is 10.8 Å². The predicted octanol–water partition coefficient (Wildman–Crippen LogP) is 6.37. The summed E-state index contributed by atoms with van der Waals surface area (Å²) in [6.45, 7) is 6.58. The fourth-order valence-corrected chi connectivity index (χ4v) is 5.00. The molecule has 5 rings (SSSR count). The number of benzene rings is 2. The lowest BCUT2D eigenvalue weighted by Gasteiger charge is -2.11. The van der Waals surface area contributed by atoms with E-state index >= 15 is 0 Å². The zero-order valence-corrected chi connectivity index (χ0v) is 18.9. The van der Waals surface area contributed by atoms with Gasteiger partial charge in [0, 0.05) is 34.7 Å². The molecule has 2 heterocycles. The van der Waals surface area contributed by atoms with E-state index in [-0.39, 0.29) is 0 Å². The lowest BCUT2D eigenvalue weighted by molar-refractivity contribution is -0.659. The van der Waals surface area contributed by atoms with E-state index in [0.717, 1.165) is 17.0 Å². The van der Waals surface area contributed by atoms with Crippen LogP contribution in [0.15, 0.2) is 55.0 Å². The van der Waals surface area contributed by atoms with Gasteiger partial charge in [0.25, 0.3) is 0 Å². The van der Waals surface area contributed by atoms with Crippen molar-refractivity contribution in [3.63, 3.8) is 0 Å². The molecule has 0 spiro atoms. The molecule has 1 saturated carbocycles. The molecule has 31 heavy (non-hydrogen) atoms. The van der Waals surface area contributed by atoms with Crippen molar-refractivity contribution in [3.8, 4) is 22.5 Å². The molecule has 0 amide bonds. The molecule has 0 aliphatic heterocycles. The van der Waals surface area contributed by atoms with Gasteiger partial charge in [0.05, 0.1) is 17.6 Å². The molecule has 2 aromatic carbocycles. The quantitative estimate of drug-likeness (QED) is 0.369. The van der Waals surface area contributed by atoms with Crippen molar-refractivity contribution in [1.29, 1.82) is 0 Å². The van der Waals surface area contributed by atoms with Gasteiger partial charge >= 0.3 is 0 Å². The van der Waals surface area contributed by atoms with Crippen molar-refractivity contribution in [2.45, 2.75) is 52.4 Å². The van der Waals surface area contributed by atoms with Crippen LogP contribution in [0.4, 0.5) is 0 Å². The molecule has 2 aromatic heterocycles. The van der Waals surface area contributed by atoms with E-state index in [4.69, 9.17) is 9.97 Å². The van der Waals surface area contributed by atoms with Gasteiger partial charge in [-0.1, -0.05) is 36.6 Å². The van der Waals surface area contributed by atoms with Crippen molar-refractivity contribution in [2.75, 3.05) is 0 Å². The molecule has 0 atom stereocenters. The van der Waals surface area contributed by atoms with Gasteiger partial charge in [-0.15, -0.1) is 0 Å². The van der Waals surface area contributed by atoms with Crippen LogP contribution in [-0.2, 0) is 7.05 Å². The summed E-state index contributed by atoms with van der Waals surface area (Å²) >= 11 is 0. The van der Waals surface area contributed by atoms with Crippen molar-refractivity contribution in [2.24, 2.45) is 7.05 Å². The second-order valence-electron chi connectivity index (χ2n) is 9.18. The fourth-order valence-electron chi connectivity index (χ4n) is 5.00. The predicted molar refractivity (Wildman–Crippen MR) is 127 cm³/mol. The van der Waals surface area contributed by atoms with Crippen LogP contribution in [0.25, 0.3) is 33.3 Å². The van der Waals surface area contributed by atoms with Crippen LogP contribution >= 0.6 is 0 Å². The van der Waals surface area contributed by atoms with Crippen LogP contribution in [0.1, 0.15) is 54.0 Å². The van der Waals surface area contributed by atoms with Gasteiger partial charge in [-0.05, 0) is 62.3 Å². The maximum atomic E-state index is 4.75. The summed E-state index contributed by atoms with van der Waals surface area (Å²) in [7, 11) is 2.13. The third-order valence-corrected chi connectivity index (χ3v) is 6.92. The van der Waals surface area contributed by atoms with E-state index in [1.165, 1.54) is 64.4 Å². The molecule has 0 saturated heterocycles. The number of aromatic nitrogens is 3. The lowest BCUT2D eigenvalue weighted by atomic mass is 9.96. The molecule has 1 aliphatic carbocycles. The molecule has 0 bridgehead atoms. The molecule has 1 fully saturated rings. The number of hydrogen-bond acceptors (Lipinski definition) is 2. The third kappa shape index (κ3) is 3.74. The monoisotopic (exact) mass is 408 g/mol. The van der Waals surface area contributed by atoms with Crippen LogP contribution in [0.5, 0.6) is 0 Å². The minimum absolute atomic E-state index is 0.601. The highest BCUT2D eigenvalue weighted by Crippen LogP contribution is 2.33. The summed E-state index contributed by atoms with van der Waals surface area (Å²) in [4.78, 5) is 9.50. The SMILES string of the molecule is Cc1cc(C)c(C)c(-c2cc3ccc(-c4cnc(C5CCCC5)cn4)cc3c[n+]2C)c1. The second kappa shape index (κ2) is 7.88. The Kier molecular flexibility index (Phi) is 5.05. The molecular weight excluding hydrogens is 378 g/mol. The first-order chi connectivity index (χ1) is 15.0. The Hall–Kier alpha value is -3.07. The van der Waals surface area contributed by atoms with E-state index in [1.54, 1.807) is 0 Å². The highest BCUT2D eigenvalue weighted by atomic mass is 14.9. The topological polar surface area (TPSA) is 29.7 Å². The minimum atomic E-state index is 0.601. The fraction of sp³-hybridized carbons (Fsp3) is 0.321. The van der Waals surface area contributed by atoms with E-state index in [1.807, 2.05) is 12.4 Å². The summed E-state index contributed by atoms with van der Waals surface area (Å²) in [6.07, 6.45) is 11.3. The van der Waals surface area contributed by atoms with Gasteiger partial charge < -0.3 is 0 Å². The summed E-state index contributed by atoms with van der Waals surface area (Å²) < 4.78 is 2.24. The van der Waals surface area contributed by atoms with Crippen molar-refractivity contribution in [3.05, 3.63) is 77.4 Å². The normalized spacial score (nSPS) is 14.5. The Balaban J connectivity index is 1.52. The smallest absolute Gasteiger partial charge is 0.213 e. The van der Waals surface area contributed by atoms with Gasteiger partial charge in [0.1, 0.15) is 7.05 Å². The lowest BCUT2D eigenvalue weighted by Crippen LogP contribution is -2.30. The van der Waals surface area contributed by atoms with Gasteiger partial charge in [0.15, 0.2) is 6.20 Å². The second-order valence-corrected chi connectivity index (χ2v) is 9.18. The zero-order valence-electron chi connectivity index (χ0n) is 18.9. The van der Waals surface area contributed by atoms with E-state index < -0.39 is 0 Å². The minimum Gasteiger partial charge on any atom is -0.257 e. The first kappa shape index (κ1) is 19.9. The number of hydrogen-bond donors (Lipinski definition) is 0. The number of fused-ring (bicyclic) bond motifs is 1. The molecular formula is C28H30N3+. The third-order valence-electron chi connectivity index (χ3n) is 6.92. The van der Waals surface area contributed by atoms with Gasteiger partial charge in [0.2, 0.25) is 5.69 Å². The number of nitrogens with zero attached hydrogens (tertiary/aromatic N) is 3. The summed E-state index contributed by atoms with van der Waals surface area (Å²) in [6, 6.07) is 13.4. The highest BCUT2D eigenvalue weighted by Gasteiger charge is 2.19. The summed E-state index contributed by atoms with van der Waals surface area (Å²) in [5.41, 5.74) is 9.74. The molecule has 4 aromatic rings. The van der Waals surface area contributed by atoms with Gasteiger partial charge in [-0.2, -0.15) is 0 Å². The Morgan fingerprint density at radius 2 is 1.68 bits per heavy atom. The maximum absolute atomic E-state index is 4.75. The van der Waals surface area contributed by atoms with Crippen LogP contribution in [0.3, 0.4) is 0 Å². The summed E-state index contributed by atoms with van der Waals surface area (Å²) in [5.74, 6) is 0.601. The number of pyridine rings is 1. The highest BCUT2D eigenvalue weighted by molar-refractivity contribution is 5.88. The first-order valence-electron chi connectivity index (χ1n) is 11.3. The van der Waals surface area contributed by atoms with E-state index in [0.29, 0.717) is 5.92 Å². The van der Waals surface area contributed by atoms with Crippen molar-refractivity contribution in [1.82, 2.24) is 9.97 Å². The van der Waals surface area contributed by atoms with Crippen LogP contribution in [0, 0.1) is 20.8 Å². The Morgan fingerprint density at radius 1 is 0.871 bits per heavy atom. The Bertz CT molecular complexity index is 1270. The standard InChI is InChI=1S/C28H30N3/c1-18-11-19(2)20(3)25(12-18)28-14-22-9-10-23(13-24(22)17-31(28)4)27-16-29-26(15-30-27)21-7-5-6-8-21/h9-17,21H,5-8H2,1-4H3/q+1. The van der Waals surface area contributed by atoms with Gasteiger partial charge in [-0.25, -0.2) is 4.57 Å². The Labute approximate surface area is 184 Å². The molecule has 0 radical (unpaired) electrons. The van der Waals surface area contributed by atoms with E-state index in [9.17, 15) is 0 Å².